The number of aliphatic carboxylic acids is 1. The van der Waals surface area contributed by atoms with Crippen LogP contribution < -0.4 is 0 Å². The van der Waals surface area contributed by atoms with Gasteiger partial charge in [-0.2, -0.15) is 0 Å². The molecule has 1 fully saturated rings. The van der Waals surface area contributed by atoms with Crippen molar-refractivity contribution in [1.82, 2.24) is 4.90 Å². The summed E-state index contributed by atoms with van der Waals surface area (Å²) in [5.41, 5.74) is -0.180. The Labute approximate surface area is 92.5 Å². The fourth-order valence-electron chi connectivity index (χ4n) is 1.92. The molecule has 0 saturated carbocycles. The van der Waals surface area contributed by atoms with Gasteiger partial charge in [-0.3, -0.25) is 4.79 Å². The molecule has 0 radical (unpaired) electrons. The second-order valence-electron chi connectivity index (χ2n) is 6.20. The van der Waals surface area contributed by atoms with E-state index in [9.17, 15) is 4.79 Å². The van der Waals surface area contributed by atoms with Gasteiger partial charge >= 0.3 is 5.97 Å². The summed E-state index contributed by atoms with van der Waals surface area (Å²) >= 11 is 0. The normalized spacial score (nSPS) is 28.3. The largest absolute Gasteiger partial charge is 0.481 e. The van der Waals surface area contributed by atoms with Crippen LogP contribution in [0, 0.1) is 10.8 Å². The second kappa shape index (κ2) is 4.12. The molecule has 1 unspecified atom stereocenters. The quantitative estimate of drug-likeness (QED) is 0.781. The maximum Gasteiger partial charge on any atom is 0.310 e. The molecule has 1 aliphatic rings. The smallest absolute Gasteiger partial charge is 0.310 e. The Bertz CT molecular complexity index is 244. The van der Waals surface area contributed by atoms with E-state index in [0.29, 0.717) is 12.0 Å². The third-order valence-corrected chi connectivity index (χ3v) is 3.25. The fraction of sp³-hybridized carbons (Fsp3) is 0.917. The highest BCUT2D eigenvalue weighted by Gasteiger charge is 2.40. The molecule has 1 aliphatic heterocycles. The Morgan fingerprint density at radius 1 is 1.47 bits per heavy atom. The fourth-order valence-corrected chi connectivity index (χ4v) is 1.92. The first kappa shape index (κ1) is 12.5. The summed E-state index contributed by atoms with van der Waals surface area (Å²) in [5.74, 6) is -0.652. The number of likely N-dealkylation sites (tertiary alicyclic amines) is 1. The van der Waals surface area contributed by atoms with Gasteiger partial charge < -0.3 is 10.0 Å². The van der Waals surface area contributed by atoms with Gasteiger partial charge in [-0.15, -0.1) is 0 Å². The topological polar surface area (TPSA) is 40.5 Å². The Morgan fingerprint density at radius 3 is 2.47 bits per heavy atom. The van der Waals surface area contributed by atoms with Crippen molar-refractivity contribution in [2.75, 3.05) is 19.6 Å². The van der Waals surface area contributed by atoms with Crippen LogP contribution in [0.4, 0.5) is 0 Å². The second-order valence-corrected chi connectivity index (χ2v) is 6.20. The zero-order chi connectivity index (χ0) is 11.7. The van der Waals surface area contributed by atoms with Crippen LogP contribution in [-0.4, -0.2) is 35.6 Å². The summed E-state index contributed by atoms with van der Waals surface area (Å²) in [5, 5.41) is 9.09. The first-order valence-corrected chi connectivity index (χ1v) is 5.69. The molecule has 0 amide bonds. The first-order chi connectivity index (χ1) is 6.73. The van der Waals surface area contributed by atoms with E-state index < -0.39 is 11.4 Å². The highest BCUT2D eigenvalue weighted by molar-refractivity contribution is 5.74. The number of carbonyl (C=O) groups is 1. The van der Waals surface area contributed by atoms with E-state index in [1.54, 1.807) is 0 Å². The zero-order valence-electron chi connectivity index (χ0n) is 10.3. The van der Waals surface area contributed by atoms with Crippen molar-refractivity contribution in [1.29, 1.82) is 0 Å². The molecule has 15 heavy (non-hydrogen) atoms. The van der Waals surface area contributed by atoms with E-state index in [2.05, 4.69) is 25.7 Å². The Hall–Kier alpha value is -0.570. The molecule has 1 saturated heterocycles. The van der Waals surface area contributed by atoms with E-state index in [0.717, 1.165) is 25.9 Å². The van der Waals surface area contributed by atoms with E-state index in [4.69, 9.17) is 5.11 Å². The van der Waals surface area contributed by atoms with Gasteiger partial charge in [0.2, 0.25) is 0 Å². The third kappa shape index (κ3) is 3.49. The Kier molecular flexibility index (Phi) is 3.44. The van der Waals surface area contributed by atoms with Gasteiger partial charge in [-0.25, -0.2) is 0 Å². The Balaban J connectivity index is 2.41. The van der Waals surface area contributed by atoms with E-state index >= 15 is 0 Å². The lowest BCUT2D eigenvalue weighted by atomic mass is 9.90. The molecule has 88 valence electrons. The Morgan fingerprint density at radius 2 is 2.07 bits per heavy atom. The molecule has 0 aromatic heterocycles. The van der Waals surface area contributed by atoms with Crippen molar-refractivity contribution < 1.29 is 9.90 Å². The predicted molar refractivity (Wildman–Crippen MR) is 60.9 cm³/mol. The molecule has 0 spiro atoms. The SMILES string of the molecule is CC(C)(C)CCN1CCC(C)(C(=O)O)C1. The molecular weight excluding hydrogens is 190 g/mol. The van der Waals surface area contributed by atoms with Gasteiger partial charge in [0.25, 0.3) is 0 Å². The van der Waals surface area contributed by atoms with Crippen molar-refractivity contribution in [3.8, 4) is 0 Å². The lowest BCUT2D eigenvalue weighted by molar-refractivity contribution is -0.147. The van der Waals surface area contributed by atoms with E-state index in [-0.39, 0.29) is 0 Å². The maximum absolute atomic E-state index is 11.0. The van der Waals surface area contributed by atoms with Gasteiger partial charge in [0.1, 0.15) is 0 Å². The molecule has 3 heteroatoms. The van der Waals surface area contributed by atoms with Crippen molar-refractivity contribution in [2.45, 2.75) is 40.5 Å². The minimum Gasteiger partial charge on any atom is -0.481 e. The summed E-state index contributed by atoms with van der Waals surface area (Å²) in [4.78, 5) is 13.3. The molecule has 1 N–H and O–H groups in total. The number of carboxylic acid groups (broad SMARTS) is 1. The zero-order valence-corrected chi connectivity index (χ0v) is 10.3. The molecule has 0 bridgehead atoms. The predicted octanol–water partition coefficient (Wildman–Crippen LogP) is 2.22. The highest BCUT2D eigenvalue weighted by Crippen LogP contribution is 2.31. The molecule has 1 heterocycles. The maximum atomic E-state index is 11.0. The summed E-state index contributed by atoms with van der Waals surface area (Å²) < 4.78 is 0. The number of nitrogens with zero attached hydrogens (tertiary/aromatic N) is 1. The number of hydrogen-bond acceptors (Lipinski definition) is 2. The van der Waals surface area contributed by atoms with Crippen LogP contribution in [-0.2, 0) is 4.79 Å². The molecule has 3 nitrogen and oxygen atoms in total. The van der Waals surface area contributed by atoms with Crippen LogP contribution >= 0.6 is 0 Å². The van der Waals surface area contributed by atoms with E-state index in [1.165, 1.54) is 0 Å². The summed E-state index contributed by atoms with van der Waals surface area (Å²) in [6.45, 7) is 11.2. The third-order valence-electron chi connectivity index (χ3n) is 3.25. The monoisotopic (exact) mass is 213 g/mol. The van der Waals surface area contributed by atoms with Crippen LogP contribution in [0.2, 0.25) is 0 Å². The summed E-state index contributed by atoms with van der Waals surface area (Å²) in [6, 6.07) is 0. The first-order valence-electron chi connectivity index (χ1n) is 5.69. The van der Waals surface area contributed by atoms with Crippen molar-refractivity contribution >= 4 is 5.97 Å². The van der Waals surface area contributed by atoms with Crippen molar-refractivity contribution in [3.63, 3.8) is 0 Å². The van der Waals surface area contributed by atoms with Crippen LogP contribution in [0.5, 0.6) is 0 Å². The minimum absolute atomic E-state index is 0.336. The van der Waals surface area contributed by atoms with Crippen LogP contribution in [0.15, 0.2) is 0 Å². The van der Waals surface area contributed by atoms with Gasteiger partial charge in [0, 0.05) is 6.54 Å². The minimum atomic E-state index is -0.652. The average molecular weight is 213 g/mol. The molecule has 0 aromatic carbocycles. The summed E-state index contributed by atoms with van der Waals surface area (Å²) in [7, 11) is 0. The lowest BCUT2D eigenvalue weighted by Gasteiger charge is -2.24. The molecule has 0 aliphatic carbocycles. The molecule has 0 aromatic rings. The number of hydrogen-bond donors (Lipinski definition) is 1. The molecular formula is C12H23NO2. The van der Waals surface area contributed by atoms with Gasteiger partial charge in [0.15, 0.2) is 0 Å². The van der Waals surface area contributed by atoms with Gasteiger partial charge in [-0.1, -0.05) is 20.8 Å². The summed E-state index contributed by atoms with van der Waals surface area (Å²) in [6.07, 6.45) is 1.91. The molecule has 1 rings (SSSR count). The lowest BCUT2D eigenvalue weighted by Crippen LogP contribution is -2.33. The standard InChI is InChI=1S/C12H23NO2/c1-11(2,3)5-7-13-8-6-12(4,9-13)10(14)15/h5-9H2,1-4H3,(H,14,15). The van der Waals surface area contributed by atoms with E-state index in [1.807, 2.05) is 6.92 Å². The van der Waals surface area contributed by atoms with Crippen molar-refractivity contribution in [3.05, 3.63) is 0 Å². The van der Waals surface area contributed by atoms with Gasteiger partial charge in [-0.05, 0) is 38.3 Å². The molecule has 1 atom stereocenters. The number of rotatable bonds is 3. The average Bonchev–Trinajstić information content (AvgIpc) is 2.44. The van der Waals surface area contributed by atoms with Gasteiger partial charge in [0.05, 0.1) is 5.41 Å². The van der Waals surface area contributed by atoms with Crippen molar-refractivity contribution in [2.24, 2.45) is 10.8 Å². The highest BCUT2D eigenvalue weighted by atomic mass is 16.4. The van der Waals surface area contributed by atoms with Crippen LogP contribution in [0.3, 0.4) is 0 Å². The van der Waals surface area contributed by atoms with Crippen LogP contribution in [0.1, 0.15) is 40.5 Å². The number of carboxylic acids is 1. The van der Waals surface area contributed by atoms with Crippen LogP contribution in [0.25, 0.3) is 0 Å².